The monoisotopic (exact) mass is 346 g/mol. The zero-order valence-electron chi connectivity index (χ0n) is 13.2. The average Bonchev–Trinajstić information content (AvgIpc) is 3.28. The summed E-state index contributed by atoms with van der Waals surface area (Å²) in [5.74, 6) is -0.0820. The lowest BCUT2D eigenvalue weighted by Gasteiger charge is -2.13. The summed E-state index contributed by atoms with van der Waals surface area (Å²) >= 11 is 0. The molecule has 1 aliphatic heterocycles. The summed E-state index contributed by atoms with van der Waals surface area (Å²) in [6.45, 7) is 1.30. The Hall–Kier alpha value is -3.48. The molecule has 5 heterocycles. The van der Waals surface area contributed by atoms with Gasteiger partial charge in [0.15, 0.2) is 0 Å². The third-order valence-corrected chi connectivity index (χ3v) is 4.37. The van der Waals surface area contributed by atoms with Crippen LogP contribution in [0.1, 0.15) is 17.9 Å². The van der Waals surface area contributed by atoms with E-state index in [1.165, 1.54) is 0 Å². The number of nitrogens with zero attached hydrogens (tertiary/aromatic N) is 4. The molecule has 4 aromatic rings. The Labute approximate surface area is 150 Å². The lowest BCUT2D eigenvalue weighted by Crippen LogP contribution is -2.35. The van der Waals surface area contributed by atoms with Gasteiger partial charge >= 0.3 is 0 Å². The second-order valence-electron chi connectivity index (χ2n) is 5.96. The van der Waals surface area contributed by atoms with Crippen LogP contribution >= 0.6 is 0 Å². The molecule has 0 saturated carbocycles. The Bertz CT molecular complexity index is 1110. The van der Waals surface area contributed by atoms with Gasteiger partial charge in [-0.2, -0.15) is 5.10 Å². The molecule has 1 amide bonds. The number of carbonyl (C=O) groups is 1. The first-order valence-corrected chi connectivity index (χ1v) is 8.04. The van der Waals surface area contributed by atoms with Crippen molar-refractivity contribution in [3.8, 4) is 22.5 Å². The topological polar surface area (TPSA) is 88.5 Å². The molecule has 1 aliphatic rings. The number of amides is 1. The molecule has 7 heteroatoms. The SMILES string of the molecule is C.O=C1NCCn2nc(-c3ccnc(-c4cnc5[nH]ccc5c4)c3)cc21. The predicted octanol–water partition coefficient (Wildman–Crippen LogP) is 2.87. The zero-order chi connectivity index (χ0) is 16.8. The molecular formula is C19H18N6O. The Balaban J connectivity index is 0.00000168. The van der Waals surface area contributed by atoms with Gasteiger partial charge in [-0.05, 0) is 30.3 Å². The standard InChI is InChI=1S/C18H14N6O.CH4/c25-18-16-9-15(23-24(16)6-5-21-18)11-1-3-19-14(8-11)13-7-12-2-4-20-17(12)22-10-13;/h1-4,7-10H,5-6H2,(H,20,22)(H,21,25);1H4. The van der Waals surface area contributed by atoms with Crippen LogP contribution in [-0.2, 0) is 6.54 Å². The molecular weight excluding hydrogens is 328 g/mol. The van der Waals surface area contributed by atoms with Gasteiger partial charge < -0.3 is 10.3 Å². The summed E-state index contributed by atoms with van der Waals surface area (Å²) in [7, 11) is 0. The van der Waals surface area contributed by atoms with E-state index in [9.17, 15) is 4.79 Å². The van der Waals surface area contributed by atoms with E-state index in [1.807, 2.05) is 30.5 Å². The fourth-order valence-corrected chi connectivity index (χ4v) is 3.10. The fraction of sp³-hybridized carbons (Fsp3) is 0.158. The van der Waals surface area contributed by atoms with Crippen molar-refractivity contribution in [2.24, 2.45) is 0 Å². The van der Waals surface area contributed by atoms with Gasteiger partial charge in [0.05, 0.1) is 17.9 Å². The molecule has 26 heavy (non-hydrogen) atoms. The van der Waals surface area contributed by atoms with Gasteiger partial charge in [-0.25, -0.2) is 4.98 Å². The quantitative estimate of drug-likeness (QED) is 0.584. The van der Waals surface area contributed by atoms with E-state index in [0.29, 0.717) is 18.8 Å². The van der Waals surface area contributed by atoms with Gasteiger partial charge in [0, 0.05) is 41.6 Å². The van der Waals surface area contributed by atoms with E-state index in [-0.39, 0.29) is 13.3 Å². The van der Waals surface area contributed by atoms with Crippen molar-refractivity contribution in [3.63, 3.8) is 0 Å². The smallest absolute Gasteiger partial charge is 0.269 e. The summed E-state index contributed by atoms with van der Waals surface area (Å²) < 4.78 is 1.75. The summed E-state index contributed by atoms with van der Waals surface area (Å²) in [6, 6.07) is 9.73. The summed E-state index contributed by atoms with van der Waals surface area (Å²) in [5, 5.41) is 8.43. The van der Waals surface area contributed by atoms with Crippen LogP contribution in [0.4, 0.5) is 0 Å². The van der Waals surface area contributed by atoms with Crippen molar-refractivity contribution in [2.75, 3.05) is 6.54 Å². The number of aromatic amines is 1. The summed E-state index contributed by atoms with van der Waals surface area (Å²) in [4.78, 5) is 23.9. The average molecular weight is 346 g/mol. The molecule has 0 spiro atoms. The van der Waals surface area contributed by atoms with Crippen molar-refractivity contribution < 1.29 is 4.79 Å². The maximum absolute atomic E-state index is 11.9. The molecule has 130 valence electrons. The van der Waals surface area contributed by atoms with Crippen molar-refractivity contribution >= 4 is 16.9 Å². The van der Waals surface area contributed by atoms with Gasteiger partial charge in [0.2, 0.25) is 0 Å². The largest absolute Gasteiger partial charge is 0.349 e. The van der Waals surface area contributed by atoms with Crippen LogP contribution in [0.2, 0.25) is 0 Å². The van der Waals surface area contributed by atoms with Crippen molar-refractivity contribution in [3.05, 3.63) is 54.6 Å². The van der Waals surface area contributed by atoms with Crippen LogP contribution < -0.4 is 5.32 Å². The first-order valence-electron chi connectivity index (χ1n) is 8.04. The normalized spacial score (nSPS) is 13.2. The number of hydrogen-bond acceptors (Lipinski definition) is 4. The third kappa shape index (κ3) is 2.54. The van der Waals surface area contributed by atoms with Crippen LogP contribution in [0, 0.1) is 0 Å². The predicted molar refractivity (Wildman–Crippen MR) is 99.6 cm³/mol. The minimum absolute atomic E-state index is 0. The van der Waals surface area contributed by atoms with Crippen LogP contribution in [0.25, 0.3) is 33.5 Å². The minimum Gasteiger partial charge on any atom is -0.349 e. The van der Waals surface area contributed by atoms with E-state index in [1.54, 1.807) is 17.1 Å². The molecule has 2 N–H and O–H groups in total. The highest BCUT2D eigenvalue weighted by atomic mass is 16.2. The molecule has 5 rings (SSSR count). The highest BCUT2D eigenvalue weighted by molar-refractivity contribution is 5.94. The van der Waals surface area contributed by atoms with Crippen LogP contribution in [0.3, 0.4) is 0 Å². The molecule has 0 bridgehead atoms. The van der Waals surface area contributed by atoms with E-state index in [2.05, 4.69) is 31.4 Å². The molecule has 0 radical (unpaired) electrons. The summed E-state index contributed by atoms with van der Waals surface area (Å²) in [5.41, 5.74) is 4.90. The van der Waals surface area contributed by atoms with Crippen LogP contribution in [0.15, 0.2) is 48.9 Å². The molecule has 0 unspecified atom stereocenters. The van der Waals surface area contributed by atoms with E-state index < -0.39 is 0 Å². The molecule has 4 aromatic heterocycles. The van der Waals surface area contributed by atoms with Gasteiger partial charge in [0.1, 0.15) is 11.3 Å². The number of nitrogens with one attached hydrogen (secondary N) is 2. The number of aromatic nitrogens is 5. The van der Waals surface area contributed by atoms with E-state index >= 15 is 0 Å². The van der Waals surface area contributed by atoms with E-state index in [0.717, 1.165) is 33.5 Å². The number of H-pyrrole nitrogens is 1. The number of fused-ring (bicyclic) bond motifs is 2. The van der Waals surface area contributed by atoms with E-state index in [4.69, 9.17) is 0 Å². The molecule has 0 aliphatic carbocycles. The molecule has 0 saturated heterocycles. The highest BCUT2D eigenvalue weighted by Gasteiger charge is 2.20. The van der Waals surface area contributed by atoms with Gasteiger partial charge in [0.25, 0.3) is 5.91 Å². The number of rotatable bonds is 2. The first kappa shape index (κ1) is 16.0. The third-order valence-electron chi connectivity index (χ3n) is 4.37. The van der Waals surface area contributed by atoms with Gasteiger partial charge in [-0.1, -0.05) is 7.43 Å². The number of carbonyl (C=O) groups excluding carboxylic acids is 1. The minimum atomic E-state index is -0.0820. The number of hydrogen-bond donors (Lipinski definition) is 2. The summed E-state index contributed by atoms with van der Waals surface area (Å²) in [6.07, 6.45) is 5.42. The van der Waals surface area contributed by atoms with Gasteiger partial charge in [-0.15, -0.1) is 0 Å². The molecule has 0 fully saturated rings. The Kier molecular flexibility index (Phi) is 3.76. The fourth-order valence-electron chi connectivity index (χ4n) is 3.10. The lowest BCUT2D eigenvalue weighted by atomic mass is 10.1. The lowest BCUT2D eigenvalue weighted by molar-refractivity contribution is 0.0924. The van der Waals surface area contributed by atoms with Crippen LogP contribution in [0.5, 0.6) is 0 Å². The Morgan fingerprint density at radius 1 is 1.04 bits per heavy atom. The van der Waals surface area contributed by atoms with Crippen molar-refractivity contribution in [2.45, 2.75) is 14.0 Å². The second kappa shape index (κ2) is 6.11. The van der Waals surface area contributed by atoms with Crippen molar-refractivity contribution in [1.29, 1.82) is 0 Å². The molecule has 0 aromatic carbocycles. The zero-order valence-corrected chi connectivity index (χ0v) is 13.2. The first-order chi connectivity index (χ1) is 12.3. The van der Waals surface area contributed by atoms with Crippen molar-refractivity contribution in [1.82, 2.24) is 30.0 Å². The molecule has 0 atom stereocenters. The molecule has 7 nitrogen and oxygen atoms in total. The Morgan fingerprint density at radius 2 is 1.96 bits per heavy atom. The maximum Gasteiger partial charge on any atom is 0.269 e. The second-order valence-corrected chi connectivity index (χ2v) is 5.96. The highest BCUT2D eigenvalue weighted by Crippen LogP contribution is 2.26. The maximum atomic E-state index is 11.9. The number of pyridine rings is 2. The Morgan fingerprint density at radius 3 is 2.85 bits per heavy atom. The van der Waals surface area contributed by atoms with Crippen LogP contribution in [-0.4, -0.2) is 37.2 Å². The van der Waals surface area contributed by atoms with Gasteiger partial charge in [-0.3, -0.25) is 14.5 Å².